The van der Waals surface area contributed by atoms with Crippen molar-refractivity contribution >= 4 is 5.69 Å². The van der Waals surface area contributed by atoms with Crippen LogP contribution < -0.4 is 10.5 Å². The van der Waals surface area contributed by atoms with Gasteiger partial charge in [0, 0.05) is 17.3 Å². The fourth-order valence-corrected chi connectivity index (χ4v) is 2.33. The van der Waals surface area contributed by atoms with Crippen LogP contribution in [-0.4, -0.2) is 27.3 Å². The molecule has 0 saturated carbocycles. The number of tetrazole rings is 1. The Bertz CT molecular complexity index is 566. The molecule has 1 aromatic carbocycles. The molecule has 20 heavy (non-hydrogen) atoms. The van der Waals surface area contributed by atoms with Gasteiger partial charge in [0.1, 0.15) is 5.75 Å². The molecule has 2 rings (SSSR count). The summed E-state index contributed by atoms with van der Waals surface area (Å²) in [6.45, 7) is 4.31. The number of nitrogens with two attached hydrogens (primary N) is 1. The zero-order chi connectivity index (χ0) is 14.5. The quantitative estimate of drug-likeness (QED) is 0.820. The van der Waals surface area contributed by atoms with Crippen molar-refractivity contribution in [1.82, 2.24) is 20.2 Å². The number of rotatable bonds is 6. The number of ether oxygens (including phenoxy) is 1. The highest BCUT2D eigenvalue weighted by molar-refractivity contribution is 5.64. The number of hydrogen-bond donors (Lipinski definition) is 1. The number of nitrogens with zero attached hydrogens (tertiary/aromatic N) is 4. The average molecular weight is 275 g/mol. The van der Waals surface area contributed by atoms with E-state index in [-0.39, 0.29) is 0 Å². The number of hydrogen-bond acceptors (Lipinski definition) is 5. The molecule has 1 heterocycles. The van der Waals surface area contributed by atoms with Gasteiger partial charge in [-0.05, 0) is 35.4 Å². The standard InChI is InChI=1S/C14H21N5O/c1-4-6-12(5-2)19-14(16-17-18-19)10-7-11(15)9-13(8-10)20-3/h7-9,12H,4-6,15H2,1-3H3. The molecule has 6 heteroatoms. The van der Waals surface area contributed by atoms with E-state index in [4.69, 9.17) is 10.5 Å². The van der Waals surface area contributed by atoms with Gasteiger partial charge in [0.2, 0.25) is 0 Å². The second-order valence-electron chi connectivity index (χ2n) is 4.79. The zero-order valence-electron chi connectivity index (χ0n) is 12.2. The maximum atomic E-state index is 5.90. The number of benzene rings is 1. The van der Waals surface area contributed by atoms with Gasteiger partial charge in [-0.25, -0.2) is 4.68 Å². The average Bonchev–Trinajstić information content (AvgIpc) is 2.93. The van der Waals surface area contributed by atoms with Crippen LogP contribution in [0.2, 0.25) is 0 Å². The molecule has 0 bridgehead atoms. The van der Waals surface area contributed by atoms with E-state index < -0.39 is 0 Å². The third-order valence-corrected chi connectivity index (χ3v) is 3.35. The topological polar surface area (TPSA) is 78.9 Å². The van der Waals surface area contributed by atoms with Crippen LogP contribution in [0.3, 0.4) is 0 Å². The second kappa shape index (κ2) is 6.36. The lowest BCUT2D eigenvalue weighted by atomic mass is 10.1. The highest BCUT2D eigenvalue weighted by Gasteiger charge is 2.17. The van der Waals surface area contributed by atoms with Crippen molar-refractivity contribution in [3.05, 3.63) is 18.2 Å². The van der Waals surface area contributed by atoms with Crippen molar-refractivity contribution < 1.29 is 4.74 Å². The first-order chi connectivity index (χ1) is 9.69. The lowest BCUT2D eigenvalue weighted by molar-refractivity contribution is 0.403. The van der Waals surface area contributed by atoms with Gasteiger partial charge in [-0.3, -0.25) is 0 Å². The smallest absolute Gasteiger partial charge is 0.182 e. The van der Waals surface area contributed by atoms with Crippen molar-refractivity contribution in [3.63, 3.8) is 0 Å². The summed E-state index contributed by atoms with van der Waals surface area (Å²) in [6, 6.07) is 5.85. The Morgan fingerprint density at radius 3 is 2.75 bits per heavy atom. The molecule has 0 aliphatic heterocycles. The molecule has 0 spiro atoms. The molecule has 1 atom stereocenters. The molecule has 6 nitrogen and oxygen atoms in total. The Labute approximate surface area is 118 Å². The van der Waals surface area contributed by atoms with Crippen LogP contribution in [0.25, 0.3) is 11.4 Å². The highest BCUT2D eigenvalue weighted by atomic mass is 16.5. The fourth-order valence-electron chi connectivity index (χ4n) is 2.33. The molecule has 108 valence electrons. The third kappa shape index (κ3) is 2.89. The molecule has 1 aromatic heterocycles. The molecule has 0 radical (unpaired) electrons. The monoisotopic (exact) mass is 275 g/mol. The maximum absolute atomic E-state index is 5.90. The van der Waals surface area contributed by atoms with Gasteiger partial charge in [-0.15, -0.1) is 5.10 Å². The summed E-state index contributed by atoms with van der Waals surface area (Å²) in [6.07, 6.45) is 3.14. The van der Waals surface area contributed by atoms with Gasteiger partial charge in [0.15, 0.2) is 5.82 Å². The van der Waals surface area contributed by atoms with E-state index in [9.17, 15) is 0 Å². The van der Waals surface area contributed by atoms with Crippen molar-refractivity contribution in [1.29, 1.82) is 0 Å². The fraction of sp³-hybridized carbons (Fsp3) is 0.500. The predicted molar refractivity (Wildman–Crippen MR) is 78.5 cm³/mol. The zero-order valence-corrected chi connectivity index (χ0v) is 12.2. The number of nitrogen functional groups attached to an aromatic ring is 1. The van der Waals surface area contributed by atoms with Crippen molar-refractivity contribution in [2.45, 2.75) is 39.2 Å². The van der Waals surface area contributed by atoms with Crippen molar-refractivity contribution in [2.24, 2.45) is 0 Å². The van der Waals surface area contributed by atoms with Gasteiger partial charge < -0.3 is 10.5 Å². The van der Waals surface area contributed by atoms with Crippen LogP contribution in [0.1, 0.15) is 39.2 Å². The Morgan fingerprint density at radius 2 is 2.10 bits per heavy atom. The Balaban J connectivity index is 2.43. The Hall–Kier alpha value is -2.11. The largest absolute Gasteiger partial charge is 0.497 e. The van der Waals surface area contributed by atoms with Gasteiger partial charge in [0.05, 0.1) is 13.2 Å². The van der Waals surface area contributed by atoms with Crippen LogP contribution >= 0.6 is 0 Å². The minimum absolute atomic E-state index is 0.303. The van der Waals surface area contributed by atoms with Crippen LogP contribution in [0.4, 0.5) is 5.69 Å². The maximum Gasteiger partial charge on any atom is 0.182 e. The Morgan fingerprint density at radius 1 is 1.30 bits per heavy atom. The molecule has 1 unspecified atom stereocenters. The summed E-state index contributed by atoms with van der Waals surface area (Å²) in [5, 5.41) is 12.1. The highest BCUT2D eigenvalue weighted by Crippen LogP contribution is 2.28. The number of aromatic nitrogens is 4. The van der Waals surface area contributed by atoms with Gasteiger partial charge in [-0.1, -0.05) is 20.3 Å². The van der Waals surface area contributed by atoms with Crippen LogP contribution in [0.15, 0.2) is 18.2 Å². The number of methoxy groups -OCH3 is 1. The van der Waals surface area contributed by atoms with E-state index in [0.717, 1.165) is 30.7 Å². The molecule has 0 aliphatic carbocycles. The first-order valence-corrected chi connectivity index (χ1v) is 6.92. The van der Waals surface area contributed by atoms with E-state index in [1.165, 1.54) is 0 Å². The van der Waals surface area contributed by atoms with E-state index in [1.807, 2.05) is 16.8 Å². The molecule has 2 aromatic rings. The van der Waals surface area contributed by atoms with E-state index in [1.54, 1.807) is 13.2 Å². The van der Waals surface area contributed by atoms with Crippen molar-refractivity contribution in [2.75, 3.05) is 12.8 Å². The van der Waals surface area contributed by atoms with Crippen molar-refractivity contribution in [3.8, 4) is 17.1 Å². The molecule has 0 fully saturated rings. The SMILES string of the molecule is CCCC(CC)n1nnnc1-c1cc(N)cc(OC)c1. The Kier molecular flexibility index (Phi) is 4.55. The van der Waals surface area contributed by atoms with Gasteiger partial charge in [0.25, 0.3) is 0 Å². The summed E-state index contributed by atoms with van der Waals surface area (Å²) in [4.78, 5) is 0. The van der Waals surface area contributed by atoms with Gasteiger partial charge >= 0.3 is 0 Å². The second-order valence-corrected chi connectivity index (χ2v) is 4.79. The summed E-state index contributed by atoms with van der Waals surface area (Å²) in [7, 11) is 1.62. The van der Waals surface area contributed by atoms with E-state index in [0.29, 0.717) is 17.5 Å². The van der Waals surface area contributed by atoms with E-state index >= 15 is 0 Å². The van der Waals surface area contributed by atoms with Crippen LogP contribution in [0, 0.1) is 0 Å². The molecule has 0 saturated heterocycles. The molecular formula is C14H21N5O. The molecule has 0 aliphatic rings. The first-order valence-electron chi connectivity index (χ1n) is 6.92. The minimum Gasteiger partial charge on any atom is -0.497 e. The molecule has 0 amide bonds. The summed E-state index contributed by atoms with van der Waals surface area (Å²) >= 11 is 0. The normalized spacial score (nSPS) is 12.3. The van der Waals surface area contributed by atoms with Crippen LogP contribution in [-0.2, 0) is 0 Å². The molecular weight excluding hydrogens is 254 g/mol. The predicted octanol–water partition coefficient (Wildman–Crippen LogP) is 2.68. The lowest BCUT2D eigenvalue weighted by Crippen LogP contribution is -2.11. The lowest BCUT2D eigenvalue weighted by Gasteiger charge is -2.16. The van der Waals surface area contributed by atoms with Crippen LogP contribution in [0.5, 0.6) is 5.75 Å². The molecule has 2 N–H and O–H groups in total. The summed E-state index contributed by atoms with van der Waals surface area (Å²) < 4.78 is 7.14. The first kappa shape index (κ1) is 14.3. The number of anilines is 1. The third-order valence-electron chi connectivity index (χ3n) is 3.35. The summed E-state index contributed by atoms with van der Waals surface area (Å²) in [5.41, 5.74) is 7.41. The van der Waals surface area contributed by atoms with Gasteiger partial charge in [-0.2, -0.15) is 0 Å². The minimum atomic E-state index is 0.303. The van der Waals surface area contributed by atoms with E-state index in [2.05, 4.69) is 29.4 Å². The summed E-state index contributed by atoms with van der Waals surface area (Å²) in [5.74, 6) is 1.44.